The van der Waals surface area contributed by atoms with E-state index in [0.717, 1.165) is 5.01 Å². The second-order valence-corrected chi connectivity index (χ2v) is 5.35. The van der Waals surface area contributed by atoms with Crippen LogP contribution in [0.25, 0.3) is 0 Å². The molecule has 0 aromatic carbocycles. The molecule has 2 heterocycles. The third-order valence-electron chi connectivity index (χ3n) is 3.53. The molecule has 25 heavy (non-hydrogen) atoms. The molecule has 3 atom stereocenters. The molecule has 2 rings (SSSR count). The normalized spacial score (nSPS) is 25.8. The van der Waals surface area contributed by atoms with Gasteiger partial charge < -0.3 is 14.2 Å². The molecule has 0 saturated carbocycles. The van der Waals surface area contributed by atoms with Crippen LogP contribution in [0.1, 0.15) is 26.7 Å². The monoisotopic (exact) mass is 354 g/mol. The zero-order valence-corrected chi connectivity index (χ0v) is 13.8. The third-order valence-corrected chi connectivity index (χ3v) is 3.53. The Labute approximate surface area is 142 Å². The number of amides is 1. The van der Waals surface area contributed by atoms with Gasteiger partial charge in [-0.1, -0.05) is 5.22 Å². The number of carbonyl (C=O) groups is 4. The topological polar surface area (TPSA) is 148 Å². The Morgan fingerprint density at radius 2 is 2.04 bits per heavy atom. The molecule has 136 valence electrons. The van der Waals surface area contributed by atoms with Crippen molar-refractivity contribution in [3.8, 4) is 0 Å². The van der Waals surface area contributed by atoms with Crippen molar-refractivity contribution in [1.29, 1.82) is 5.41 Å². The highest BCUT2D eigenvalue weighted by Gasteiger charge is 2.44. The minimum Gasteiger partial charge on any atom is -0.463 e. The average Bonchev–Trinajstić information content (AvgIpc) is 3.03. The molecule has 11 nitrogen and oxygen atoms in total. The van der Waals surface area contributed by atoms with Crippen molar-refractivity contribution < 1.29 is 33.4 Å². The van der Waals surface area contributed by atoms with Crippen LogP contribution in [-0.4, -0.2) is 65.9 Å². The van der Waals surface area contributed by atoms with Crippen molar-refractivity contribution in [2.45, 2.75) is 45.1 Å². The van der Waals surface area contributed by atoms with Gasteiger partial charge in [-0.25, -0.2) is 4.79 Å². The Morgan fingerprint density at radius 3 is 2.68 bits per heavy atom. The highest BCUT2D eigenvalue weighted by atomic mass is 16.6. The van der Waals surface area contributed by atoms with Crippen LogP contribution in [0.2, 0.25) is 0 Å². The predicted octanol–water partition coefficient (Wildman–Crippen LogP) is -0.215. The first-order valence-corrected chi connectivity index (χ1v) is 7.67. The first-order chi connectivity index (χ1) is 11.8. The summed E-state index contributed by atoms with van der Waals surface area (Å²) >= 11 is 0. The number of Topliss-reactive ketones (excluding diaryl/α,β-unsaturated/α-hetero) is 1. The van der Waals surface area contributed by atoms with Crippen LogP contribution in [0.4, 0.5) is 0 Å². The fraction of sp³-hybridized carbons (Fsp3) is 0.643. The lowest BCUT2D eigenvalue weighted by molar-refractivity contribution is -0.161. The summed E-state index contributed by atoms with van der Waals surface area (Å²) in [7, 11) is 0. The second-order valence-electron chi connectivity index (χ2n) is 5.35. The first kappa shape index (κ1) is 18.6. The van der Waals surface area contributed by atoms with E-state index in [9.17, 15) is 19.2 Å². The summed E-state index contributed by atoms with van der Waals surface area (Å²) in [6.07, 6.45) is -0.349. The van der Waals surface area contributed by atoms with Gasteiger partial charge in [-0.3, -0.25) is 19.8 Å². The molecule has 0 spiro atoms. The SMILES string of the molecule is CCOC(=O)C(=N)C1N=NN(C2CCC(COC(C)=O)O2)C(=O)C1=O. The maximum atomic E-state index is 12.2. The number of ketones is 1. The van der Waals surface area contributed by atoms with E-state index in [-0.39, 0.29) is 13.2 Å². The van der Waals surface area contributed by atoms with Crippen molar-refractivity contribution in [3.05, 3.63) is 0 Å². The van der Waals surface area contributed by atoms with Gasteiger partial charge in [0, 0.05) is 6.92 Å². The predicted molar refractivity (Wildman–Crippen MR) is 79.4 cm³/mol. The van der Waals surface area contributed by atoms with E-state index in [1.54, 1.807) is 6.92 Å². The van der Waals surface area contributed by atoms with E-state index in [1.165, 1.54) is 6.92 Å². The van der Waals surface area contributed by atoms with E-state index >= 15 is 0 Å². The molecular weight excluding hydrogens is 336 g/mol. The number of hydrogen-bond donors (Lipinski definition) is 1. The molecule has 11 heteroatoms. The van der Waals surface area contributed by atoms with Gasteiger partial charge in [0.05, 0.1) is 12.7 Å². The molecule has 0 aromatic heterocycles. The Balaban J connectivity index is 2.01. The molecular formula is C14H18N4O7. The Hall–Kier alpha value is -2.69. The minimum absolute atomic E-state index is 0.0268. The number of carbonyl (C=O) groups excluding carboxylic acids is 4. The van der Waals surface area contributed by atoms with Crippen molar-refractivity contribution in [2.24, 2.45) is 10.3 Å². The van der Waals surface area contributed by atoms with Crippen LogP contribution >= 0.6 is 0 Å². The van der Waals surface area contributed by atoms with Crippen molar-refractivity contribution in [3.63, 3.8) is 0 Å². The van der Waals surface area contributed by atoms with Gasteiger partial charge in [0.1, 0.15) is 6.61 Å². The zero-order chi connectivity index (χ0) is 18.6. The molecule has 1 amide bonds. The summed E-state index contributed by atoms with van der Waals surface area (Å²) in [4.78, 5) is 46.6. The zero-order valence-electron chi connectivity index (χ0n) is 13.8. The van der Waals surface area contributed by atoms with Gasteiger partial charge in [0.15, 0.2) is 18.0 Å². The van der Waals surface area contributed by atoms with Gasteiger partial charge in [-0.05, 0) is 19.8 Å². The Kier molecular flexibility index (Phi) is 5.91. The van der Waals surface area contributed by atoms with Crippen molar-refractivity contribution >= 4 is 29.3 Å². The third kappa shape index (κ3) is 4.24. The summed E-state index contributed by atoms with van der Waals surface area (Å²) in [5, 5.41) is 15.6. The van der Waals surface area contributed by atoms with Gasteiger partial charge in [0.25, 0.3) is 5.78 Å². The molecule has 3 unspecified atom stereocenters. The van der Waals surface area contributed by atoms with Gasteiger partial charge in [-0.15, -0.1) is 0 Å². The number of hydrogen-bond acceptors (Lipinski definition) is 10. The Morgan fingerprint density at radius 1 is 1.32 bits per heavy atom. The summed E-state index contributed by atoms with van der Waals surface area (Å²) in [6.45, 7) is 2.88. The lowest BCUT2D eigenvalue weighted by Gasteiger charge is -2.26. The summed E-state index contributed by atoms with van der Waals surface area (Å²) in [6, 6.07) is -1.61. The van der Waals surface area contributed by atoms with E-state index in [2.05, 4.69) is 15.1 Å². The van der Waals surface area contributed by atoms with Gasteiger partial charge >= 0.3 is 17.8 Å². The van der Waals surface area contributed by atoms with E-state index in [0.29, 0.717) is 12.8 Å². The molecule has 1 N–H and O–H groups in total. The summed E-state index contributed by atoms with van der Waals surface area (Å²) < 4.78 is 15.0. The molecule has 1 saturated heterocycles. The largest absolute Gasteiger partial charge is 0.463 e. The molecule has 1 fully saturated rings. The van der Waals surface area contributed by atoms with Crippen LogP contribution in [0, 0.1) is 5.41 Å². The number of ether oxygens (including phenoxy) is 3. The van der Waals surface area contributed by atoms with Crippen LogP contribution in [0.15, 0.2) is 10.3 Å². The van der Waals surface area contributed by atoms with Crippen LogP contribution < -0.4 is 0 Å². The average molecular weight is 354 g/mol. The second kappa shape index (κ2) is 7.92. The van der Waals surface area contributed by atoms with Crippen LogP contribution in [0.5, 0.6) is 0 Å². The molecule has 0 aromatic rings. The molecule has 2 aliphatic rings. The lowest BCUT2D eigenvalue weighted by Crippen LogP contribution is -2.50. The maximum Gasteiger partial charge on any atom is 0.354 e. The maximum absolute atomic E-state index is 12.2. The van der Waals surface area contributed by atoms with E-state index < -0.39 is 47.7 Å². The van der Waals surface area contributed by atoms with Gasteiger partial charge in [0.2, 0.25) is 0 Å². The summed E-state index contributed by atoms with van der Waals surface area (Å²) in [5.74, 6) is -3.55. The molecule has 0 aliphatic carbocycles. The van der Waals surface area contributed by atoms with Gasteiger partial charge in [-0.2, -0.15) is 10.1 Å². The Bertz CT molecular complexity index is 633. The summed E-state index contributed by atoms with van der Waals surface area (Å²) in [5.41, 5.74) is -0.747. The van der Waals surface area contributed by atoms with Crippen molar-refractivity contribution in [2.75, 3.05) is 13.2 Å². The number of esters is 2. The van der Waals surface area contributed by atoms with Crippen LogP contribution in [-0.2, 0) is 33.4 Å². The van der Waals surface area contributed by atoms with E-state index in [4.69, 9.17) is 14.9 Å². The van der Waals surface area contributed by atoms with Crippen molar-refractivity contribution in [1.82, 2.24) is 5.01 Å². The number of rotatable bonds is 6. The number of nitrogens with zero attached hydrogens (tertiary/aromatic N) is 3. The molecule has 0 bridgehead atoms. The van der Waals surface area contributed by atoms with E-state index in [1.807, 2.05) is 0 Å². The standard InChI is InChI=1S/C14H18N4O7/c1-3-23-14(22)10(15)11-12(20)13(21)18(17-16-11)9-5-4-8(25-9)6-24-7(2)19/h8-9,11,15H,3-6H2,1-2H3. The first-order valence-electron chi connectivity index (χ1n) is 7.67. The quantitative estimate of drug-likeness (QED) is 0.394. The molecule has 0 radical (unpaired) electrons. The molecule has 2 aliphatic heterocycles. The highest BCUT2D eigenvalue weighted by molar-refractivity contribution is 6.51. The lowest BCUT2D eigenvalue weighted by atomic mass is 10.1. The smallest absolute Gasteiger partial charge is 0.354 e. The highest BCUT2D eigenvalue weighted by Crippen LogP contribution is 2.26. The minimum atomic E-state index is -1.61. The fourth-order valence-corrected chi connectivity index (χ4v) is 2.33. The number of nitrogens with one attached hydrogen (secondary N) is 1. The fourth-order valence-electron chi connectivity index (χ4n) is 2.33. The van der Waals surface area contributed by atoms with Crippen LogP contribution in [0.3, 0.4) is 0 Å².